The van der Waals surface area contributed by atoms with Gasteiger partial charge in [-0.2, -0.15) is 0 Å². The van der Waals surface area contributed by atoms with Crippen molar-refractivity contribution in [1.82, 2.24) is 0 Å². The zero-order valence-electron chi connectivity index (χ0n) is 6.36. The van der Waals surface area contributed by atoms with Crippen LogP contribution in [0.1, 0.15) is 19.3 Å². The number of fused-ring (bicyclic) bond motifs is 2. The molecular formula is C8H12NO2+. The average Bonchev–Trinajstić information content (AvgIpc) is 2.45. The molecule has 2 bridgehead atoms. The topological polar surface area (TPSA) is 40.3 Å². The minimum atomic E-state index is -0.714. The van der Waals surface area contributed by atoms with E-state index in [2.05, 4.69) is 6.21 Å². The summed E-state index contributed by atoms with van der Waals surface area (Å²) in [6.07, 6.45) is 5.74. The van der Waals surface area contributed by atoms with E-state index >= 15 is 0 Å². The highest BCUT2D eigenvalue weighted by Gasteiger charge is 2.39. The third-order valence-electron chi connectivity index (χ3n) is 2.63. The number of aliphatic carboxylic acids is 1. The number of hydrogen-bond donors (Lipinski definition) is 1. The molecule has 0 aromatic rings. The maximum Gasteiger partial charge on any atom is 0.369 e. The third-order valence-corrected chi connectivity index (χ3v) is 2.63. The number of rotatable bonds is 2. The molecule has 2 rings (SSSR count). The van der Waals surface area contributed by atoms with Gasteiger partial charge in [0.2, 0.25) is 6.54 Å². The minimum absolute atomic E-state index is 0.196. The van der Waals surface area contributed by atoms with Crippen molar-refractivity contribution in [3.63, 3.8) is 0 Å². The van der Waals surface area contributed by atoms with Gasteiger partial charge in [-0.25, -0.2) is 9.37 Å². The van der Waals surface area contributed by atoms with Crippen LogP contribution in [0, 0.1) is 5.92 Å². The summed E-state index contributed by atoms with van der Waals surface area (Å²) in [7, 11) is 0. The molecule has 0 aromatic carbocycles. The fourth-order valence-electron chi connectivity index (χ4n) is 2.16. The summed E-state index contributed by atoms with van der Waals surface area (Å²) >= 11 is 0. The zero-order chi connectivity index (χ0) is 7.84. The predicted molar refractivity (Wildman–Crippen MR) is 40.0 cm³/mol. The quantitative estimate of drug-likeness (QED) is 0.582. The van der Waals surface area contributed by atoms with E-state index in [0.29, 0.717) is 12.0 Å². The number of carbonyl (C=O) groups is 1. The van der Waals surface area contributed by atoms with Crippen molar-refractivity contribution < 1.29 is 14.5 Å². The van der Waals surface area contributed by atoms with Gasteiger partial charge >= 0.3 is 5.97 Å². The van der Waals surface area contributed by atoms with E-state index in [1.54, 1.807) is 0 Å². The second kappa shape index (κ2) is 2.32. The van der Waals surface area contributed by atoms with Crippen LogP contribution in [0.5, 0.6) is 0 Å². The van der Waals surface area contributed by atoms with Crippen LogP contribution in [0.4, 0.5) is 0 Å². The lowest BCUT2D eigenvalue weighted by Crippen LogP contribution is -2.27. The predicted octanol–water partition coefficient (Wildman–Crippen LogP) is 0.337. The van der Waals surface area contributed by atoms with Gasteiger partial charge in [-0.1, -0.05) is 0 Å². The molecule has 2 atom stereocenters. The van der Waals surface area contributed by atoms with E-state index in [0.717, 1.165) is 0 Å². The first-order chi connectivity index (χ1) is 5.25. The molecule has 2 unspecified atom stereocenters. The monoisotopic (exact) mass is 154 g/mol. The number of carboxylic acid groups (broad SMARTS) is 1. The van der Waals surface area contributed by atoms with Crippen molar-refractivity contribution in [2.24, 2.45) is 5.92 Å². The maximum absolute atomic E-state index is 10.4. The zero-order valence-corrected chi connectivity index (χ0v) is 6.36. The molecule has 1 aliphatic heterocycles. The van der Waals surface area contributed by atoms with E-state index in [4.69, 9.17) is 5.11 Å². The average molecular weight is 154 g/mol. The molecule has 2 aliphatic rings. The summed E-state index contributed by atoms with van der Waals surface area (Å²) in [5, 5.41) is 8.54. The first-order valence-electron chi connectivity index (χ1n) is 4.08. The van der Waals surface area contributed by atoms with E-state index in [-0.39, 0.29) is 6.54 Å². The molecule has 3 nitrogen and oxygen atoms in total. The number of nitrogens with zero attached hydrogens (tertiary/aromatic N) is 1. The molecule has 0 saturated heterocycles. The Morgan fingerprint density at radius 1 is 1.64 bits per heavy atom. The SMILES string of the molecule is O=C(O)C[N+]1=CC2CCC1C2. The van der Waals surface area contributed by atoms with Gasteiger partial charge in [0.15, 0.2) is 6.04 Å². The molecule has 3 heteroatoms. The van der Waals surface area contributed by atoms with Gasteiger partial charge in [-0.05, 0) is 6.42 Å². The van der Waals surface area contributed by atoms with Gasteiger partial charge in [0, 0.05) is 18.8 Å². The highest BCUT2D eigenvalue weighted by Crippen LogP contribution is 2.31. The Hall–Kier alpha value is -0.860. The van der Waals surface area contributed by atoms with E-state index < -0.39 is 5.97 Å². The lowest BCUT2D eigenvalue weighted by molar-refractivity contribution is -0.546. The van der Waals surface area contributed by atoms with Crippen LogP contribution in [0.25, 0.3) is 0 Å². The van der Waals surface area contributed by atoms with Crippen molar-refractivity contribution in [2.75, 3.05) is 6.54 Å². The summed E-state index contributed by atoms with van der Waals surface area (Å²) < 4.78 is 1.98. The Kier molecular flexibility index (Phi) is 1.44. The highest BCUT2D eigenvalue weighted by atomic mass is 16.4. The standard InChI is InChI=1S/C8H11NO2/c10-8(11)5-9-4-6-1-2-7(9)3-6/h4,6-7H,1-3,5H2/p+1. The third kappa shape index (κ3) is 1.15. The van der Waals surface area contributed by atoms with Crippen LogP contribution in [0.2, 0.25) is 0 Å². The minimum Gasteiger partial charge on any atom is -0.477 e. The van der Waals surface area contributed by atoms with Gasteiger partial charge in [-0.15, -0.1) is 0 Å². The molecule has 0 aromatic heterocycles. The summed E-state index contributed by atoms with van der Waals surface area (Å²) in [5.41, 5.74) is 0. The van der Waals surface area contributed by atoms with Crippen LogP contribution in [0.15, 0.2) is 0 Å². The lowest BCUT2D eigenvalue weighted by atomic mass is 10.1. The highest BCUT2D eigenvalue weighted by molar-refractivity contribution is 5.69. The molecule has 1 aliphatic carbocycles. The van der Waals surface area contributed by atoms with Gasteiger partial charge in [-0.3, -0.25) is 0 Å². The van der Waals surface area contributed by atoms with Gasteiger partial charge < -0.3 is 5.11 Å². The second-order valence-electron chi connectivity index (χ2n) is 3.44. The summed E-state index contributed by atoms with van der Waals surface area (Å²) in [5.74, 6) is -0.0341. The molecule has 60 valence electrons. The lowest BCUT2D eigenvalue weighted by Gasteiger charge is -2.05. The van der Waals surface area contributed by atoms with Gasteiger partial charge in [0.05, 0.1) is 0 Å². The van der Waals surface area contributed by atoms with Crippen molar-refractivity contribution in [3.05, 3.63) is 0 Å². The number of hydrogen-bond acceptors (Lipinski definition) is 1. The van der Waals surface area contributed by atoms with Crippen molar-refractivity contribution in [1.29, 1.82) is 0 Å². The van der Waals surface area contributed by atoms with E-state index in [9.17, 15) is 4.79 Å². The van der Waals surface area contributed by atoms with Crippen LogP contribution < -0.4 is 0 Å². The first kappa shape index (κ1) is 6.83. The molecule has 0 amide bonds. The second-order valence-corrected chi connectivity index (χ2v) is 3.44. The molecule has 0 radical (unpaired) electrons. The van der Waals surface area contributed by atoms with Crippen molar-refractivity contribution in [3.8, 4) is 0 Å². The van der Waals surface area contributed by atoms with Crippen LogP contribution in [-0.2, 0) is 4.79 Å². The fraction of sp³-hybridized carbons (Fsp3) is 0.750. The summed E-state index contributed by atoms with van der Waals surface area (Å²) in [4.78, 5) is 10.4. The molecular weight excluding hydrogens is 142 g/mol. The fourth-order valence-corrected chi connectivity index (χ4v) is 2.16. The first-order valence-corrected chi connectivity index (χ1v) is 4.08. The van der Waals surface area contributed by atoms with Gasteiger partial charge in [0.25, 0.3) is 0 Å². The maximum atomic E-state index is 10.4. The summed E-state index contributed by atoms with van der Waals surface area (Å²) in [6, 6.07) is 0.538. The Morgan fingerprint density at radius 2 is 2.45 bits per heavy atom. The normalized spacial score (nSPS) is 34.0. The van der Waals surface area contributed by atoms with E-state index in [1.165, 1.54) is 19.3 Å². The molecule has 1 fully saturated rings. The van der Waals surface area contributed by atoms with Crippen LogP contribution >= 0.6 is 0 Å². The Balaban J connectivity index is 2.05. The van der Waals surface area contributed by atoms with Crippen LogP contribution in [-0.4, -0.2) is 34.5 Å². The molecule has 1 heterocycles. The molecule has 1 saturated carbocycles. The Morgan fingerprint density at radius 3 is 2.91 bits per heavy atom. The van der Waals surface area contributed by atoms with Gasteiger partial charge in [0.1, 0.15) is 6.21 Å². The number of carboxylic acids is 1. The van der Waals surface area contributed by atoms with Crippen LogP contribution in [0.3, 0.4) is 0 Å². The van der Waals surface area contributed by atoms with Crippen molar-refractivity contribution >= 4 is 12.2 Å². The Bertz CT molecular complexity index is 222. The van der Waals surface area contributed by atoms with E-state index in [1.807, 2.05) is 4.58 Å². The largest absolute Gasteiger partial charge is 0.477 e. The molecule has 1 N–H and O–H groups in total. The molecule has 0 spiro atoms. The molecule has 11 heavy (non-hydrogen) atoms. The smallest absolute Gasteiger partial charge is 0.369 e. The Labute approximate surface area is 65.3 Å². The van der Waals surface area contributed by atoms with Crippen molar-refractivity contribution in [2.45, 2.75) is 25.3 Å². The summed E-state index contributed by atoms with van der Waals surface area (Å²) in [6.45, 7) is 0.196.